The molecule has 0 unspecified atom stereocenters. The zero-order valence-electron chi connectivity index (χ0n) is 20.8. The summed E-state index contributed by atoms with van der Waals surface area (Å²) in [5, 5.41) is 11.3. The third kappa shape index (κ3) is 5.03. The highest BCUT2D eigenvalue weighted by Crippen LogP contribution is 2.39. The molecule has 0 fully saturated rings. The SMILES string of the molecule is CCOC(=O)c1[nH]c2nccc(-c3cn(CC)nc3-c3cccc(NC(=O)Nc4ccccc4)c3)c2c1Br. The lowest BCUT2D eigenvalue weighted by atomic mass is 10.00. The van der Waals surface area contributed by atoms with Gasteiger partial charge in [0.15, 0.2) is 0 Å². The molecular weight excluding hydrogens is 548 g/mol. The number of hydrogen-bond donors (Lipinski definition) is 3. The minimum Gasteiger partial charge on any atom is -0.461 e. The number of benzene rings is 2. The smallest absolute Gasteiger partial charge is 0.355 e. The fourth-order valence-electron chi connectivity index (χ4n) is 4.20. The van der Waals surface area contributed by atoms with Gasteiger partial charge in [-0.05, 0) is 65.7 Å². The second kappa shape index (κ2) is 10.9. The van der Waals surface area contributed by atoms with E-state index in [1.54, 1.807) is 13.1 Å². The van der Waals surface area contributed by atoms with Crippen LogP contribution in [0, 0.1) is 0 Å². The second-order valence-corrected chi connectivity index (χ2v) is 9.18. The number of carbonyl (C=O) groups excluding carboxylic acids is 2. The largest absolute Gasteiger partial charge is 0.461 e. The molecule has 2 aromatic carbocycles. The predicted molar refractivity (Wildman–Crippen MR) is 151 cm³/mol. The first-order chi connectivity index (χ1) is 18.5. The van der Waals surface area contributed by atoms with Crippen LogP contribution in [0.25, 0.3) is 33.4 Å². The number of pyridine rings is 1. The molecule has 0 aliphatic rings. The van der Waals surface area contributed by atoms with Gasteiger partial charge in [0.2, 0.25) is 0 Å². The number of urea groups is 1. The molecule has 2 amide bonds. The van der Waals surface area contributed by atoms with E-state index in [4.69, 9.17) is 9.84 Å². The number of amides is 2. The van der Waals surface area contributed by atoms with Crippen molar-refractivity contribution in [3.8, 4) is 22.4 Å². The molecule has 9 nitrogen and oxygen atoms in total. The average molecular weight is 573 g/mol. The number of anilines is 2. The number of fused-ring (bicyclic) bond motifs is 1. The summed E-state index contributed by atoms with van der Waals surface area (Å²) < 4.78 is 7.63. The van der Waals surface area contributed by atoms with Crippen molar-refractivity contribution in [1.82, 2.24) is 19.7 Å². The molecule has 0 atom stereocenters. The van der Waals surface area contributed by atoms with Gasteiger partial charge in [0.25, 0.3) is 0 Å². The van der Waals surface area contributed by atoms with E-state index in [-0.39, 0.29) is 12.6 Å². The number of para-hydroxylation sites is 1. The fourth-order valence-corrected chi connectivity index (χ4v) is 4.86. The summed E-state index contributed by atoms with van der Waals surface area (Å²) in [5.74, 6) is -0.458. The van der Waals surface area contributed by atoms with Gasteiger partial charge in [-0.25, -0.2) is 14.6 Å². The van der Waals surface area contributed by atoms with Crippen molar-refractivity contribution in [1.29, 1.82) is 0 Å². The van der Waals surface area contributed by atoms with Crippen LogP contribution >= 0.6 is 15.9 Å². The van der Waals surface area contributed by atoms with Gasteiger partial charge in [-0.2, -0.15) is 5.10 Å². The van der Waals surface area contributed by atoms with Crippen molar-refractivity contribution in [2.45, 2.75) is 20.4 Å². The van der Waals surface area contributed by atoms with Crippen LogP contribution in [0.1, 0.15) is 24.3 Å². The highest BCUT2D eigenvalue weighted by Gasteiger charge is 2.23. The van der Waals surface area contributed by atoms with E-state index in [2.05, 4.69) is 36.5 Å². The quantitative estimate of drug-likeness (QED) is 0.188. The molecule has 38 heavy (non-hydrogen) atoms. The summed E-state index contributed by atoms with van der Waals surface area (Å²) in [5.41, 5.74) is 5.46. The van der Waals surface area contributed by atoms with Gasteiger partial charge in [-0.1, -0.05) is 30.3 Å². The summed E-state index contributed by atoms with van der Waals surface area (Å²) in [4.78, 5) is 32.6. The number of nitrogens with one attached hydrogen (secondary N) is 3. The molecule has 192 valence electrons. The first-order valence-corrected chi connectivity index (χ1v) is 12.9. The molecule has 0 saturated heterocycles. The number of ether oxygens (including phenoxy) is 1. The lowest BCUT2D eigenvalue weighted by molar-refractivity contribution is 0.0519. The monoisotopic (exact) mass is 572 g/mol. The number of carbonyl (C=O) groups is 2. The Bertz CT molecular complexity index is 1630. The van der Waals surface area contributed by atoms with Crippen molar-refractivity contribution in [3.63, 3.8) is 0 Å². The van der Waals surface area contributed by atoms with Crippen LogP contribution in [-0.4, -0.2) is 38.4 Å². The molecular formula is C28H25BrN6O3. The molecule has 3 heterocycles. The summed E-state index contributed by atoms with van der Waals surface area (Å²) in [6, 6.07) is 18.3. The van der Waals surface area contributed by atoms with E-state index in [0.29, 0.717) is 33.7 Å². The first kappa shape index (κ1) is 25.2. The molecule has 0 aliphatic carbocycles. The maximum atomic E-state index is 12.6. The second-order valence-electron chi connectivity index (χ2n) is 8.39. The Morgan fingerprint density at radius 3 is 2.53 bits per heavy atom. The maximum Gasteiger partial charge on any atom is 0.355 e. The number of aromatic nitrogens is 4. The first-order valence-electron chi connectivity index (χ1n) is 12.1. The molecule has 3 N–H and O–H groups in total. The van der Waals surface area contributed by atoms with Gasteiger partial charge in [-0.15, -0.1) is 0 Å². The summed E-state index contributed by atoms with van der Waals surface area (Å²) >= 11 is 3.59. The lowest BCUT2D eigenvalue weighted by Crippen LogP contribution is -2.19. The van der Waals surface area contributed by atoms with Crippen LogP contribution in [0.4, 0.5) is 16.2 Å². The van der Waals surface area contributed by atoms with E-state index < -0.39 is 5.97 Å². The number of aromatic amines is 1. The van der Waals surface area contributed by atoms with Gasteiger partial charge in [0.05, 0.1) is 11.1 Å². The number of rotatable bonds is 7. The molecule has 0 radical (unpaired) electrons. The number of nitrogens with zero attached hydrogens (tertiary/aromatic N) is 3. The molecule has 0 spiro atoms. The lowest BCUT2D eigenvalue weighted by Gasteiger charge is -2.10. The van der Waals surface area contributed by atoms with Crippen LogP contribution in [0.5, 0.6) is 0 Å². The zero-order chi connectivity index (χ0) is 26.6. The van der Waals surface area contributed by atoms with E-state index in [1.807, 2.05) is 78.5 Å². The standard InChI is InChI=1S/C28H25BrN6O3/c1-3-35-16-21(20-13-14-30-26-22(20)23(29)25(33-26)27(36)38-4-2)24(34-35)17-9-8-12-19(15-17)32-28(37)31-18-10-6-5-7-11-18/h5-16H,3-4H2,1-2H3,(H,30,33)(H2,31,32,37). The van der Waals surface area contributed by atoms with Crippen molar-refractivity contribution >= 4 is 50.3 Å². The molecule has 10 heteroatoms. The summed E-state index contributed by atoms with van der Waals surface area (Å²) in [6.07, 6.45) is 3.66. The van der Waals surface area contributed by atoms with Gasteiger partial charge < -0.3 is 20.4 Å². The Labute approximate surface area is 227 Å². The fraction of sp³-hybridized carbons (Fsp3) is 0.143. The van der Waals surface area contributed by atoms with Crippen LogP contribution in [0.3, 0.4) is 0 Å². The van der Waals surface area contributed by atoms with Crippen molar-refractivity contribution in [2.24, 2.45) is 0 Å². The number of hydrogen-bond acceptors (Lipinski definition) is 5. The Morgan fingerprint density at radius 1 is 1.00 bits per heavy atom. The third-order valence-corrected chi connectivity index (χ3v) is 6.71. The number of H-pyrrole nitrogens is 1. The van der Waals surface area contributed by atoms with Crippen molar-refractivity contribution < 1.29 is 14.3 Å². The topological polar surface area (TPSA) is 114 Å². The maximum absolute atomic E-state index is 12.6. The average Bonchev–Trinajstić information content (AvgIpc) is 3.51. The van der Waals surface area contributed by atoms with Crippen LogP contribution in [0.15, 0.2) is 77.5 Å². The van der Waals surface area contributed by atoms with E-state index >= 15 is 0 Å². The van der Waals surface area contributed by atoms with Gasteiger partial charge >= 0.3 is 12.0 Å². The van der Waals surface area contributed by atoms with E-state index in [1.165, 1.54) is 0 Å². The molecule has 3 aromatic heterocycles. The van der Waals surface area contributed by atoms with Crippen molar-refractivity contribution in [3.05, 3.63) is 83.2 Å². The molecule has 0 saturated carbocycles. The predicted octanol–water partition coefficient (Wildman–Crippen LogP) is 6.70. The Hall–Kier alpha value is -4.44. The summed E-state index contributed by atoms with van der Waals surface area (Å²) in [7, 11) is 0. The Balaban J connectivity index is 1.53. The number of aryl methyl sites for hydroxylation is 1. The van der Waals surface area contributed by atoms with Crippen LogP contribution < -0.4 is 10.6 Å². The minimum atomic E-state index is -0.458. The molecule has 5 rings (SSSR count). The van der Waals surface area contributed by atoms with Crippen molar-refractivity contribution in [2.75, 3.05) is 17.2 Å². The Kier molecular flexibility index (Phi) is 7.23. The van der Waals surface area contributed by atoms with Gasteiger partial charge in [0.1, 0.15) is 17.0 Å². The van der Waals surface area contributed by atoms with Gasteiger partial charge in [-0.3, -0.25) is 4.68 Å². The van der Waals surface area contributed by atoms with E-state index in [0.717, 1.165) is 27.8 Å². The summed E-state index contributed by atoms with van der Waals surface area (Å²) in [6.45, 7) is 4.71. The third-order valence-electron chi connectivity index (χ3n) is 5.91. The highest BCUT2D eigenvalue weighted by atomic mass is 79.9. The number of esters is 1. The zero-order valence-corrected chi connectivity index (χ0v) is 22.4. The normalized spacial score (nSPS) is 10.9. The highest BCUT2D eigenvalue weighted by molar-refractivity contribution is 9.10. The van der Waals surface area contributed by atoms with E-state index in [9.17, 15) is 9.59 Å². The molecule has 0 bridgehead atoms. The van der Waals surface area contributed by atoms with Crippen LogP contribution in [0.2, 0.25) is 0 Å². The Morgan fingerprint density at radius 2 is 1.76 bits per heavy atom. The molecule has 0 aliphatic heterocycles. The van der Waals surface area contributed by atoms with Gasteiger partial charge in [0, 0.05) is 46.8 Å². The molecule has 5 aromatic rings. The van der Waals surface area contributed by atoms with Crippen LogP contribution in [-0.2, 0) is 11.3 Å². The minimum absolute atomic E-state index is 0.266. The number of halogens is 1.